The van der Waals surface area contributed by atoms with Crippen LogP contribution in [0, 0.1) is 5.92 Å². The summed E-state index contributed by atoms with van der Waals surface area (Å²) in [6.07, 6.45) is -19.8. The van der Waals surface area contributed by atoms with Gasteiger partial charge in [-0.05, 0) is 11.1 Å². The number of oxime groups is 1. The molecule has 16 nitrogen and oxygen atoms in total. The maximum atomic E-state index is 10.8. The van der Waals surface area contributed by atoms with E-state index in [9.17, 15) is 51.1 Å². The molecule has 10 N–H and O–H groups in total. The fourth-order valence-electron chi connectivity index (χ4n) is 5.23. The SMILES string of the molecule is C=Cc1ccc(CON=C2C(O)C(O)C(OC3OC(CO)C(OC4OC(CO)C(O)C(O)C4O)C(O)C3O)C2CO)cc1. The minimum absolute atomic E-state index is 0.0120. The monoisotopic (exact) mass is 617 g/mol. The van der Waals surface area contributed by atoms with Crippen molar-refractivity contribution >= 4 is 11.8 Å². The van der Waals surface area contributed by atoms with Crippen molar-refractivity contribution in [3.05, 3.63) is 42.0 Å². The number of rotatable bonds is 11. The van der Waals surface area contributed by atoms with Gasteiger partial charge in [-0.2, -0.15) is 0 Å². The van der Waals surface area contributed by atoms with Crippen LogP contribution in [0.1, 0.15) is 11.1 Å². The van der Waals surface area contributed by atoms with Crippen LogP contribution in [0.5, 0.6) is 0 Å². The molecular formula is C27H39NO15. The minimum atomic E-state index is -1.89. The van der Waals surface area contributed by atoms with E-state index in [-0.39, 0.29) is 12.3 Å². The van der Waals surface area contributed by atoms with Gasteiger partial charge in [0.25, 0.3) is 0 Å². The zero-order valence-corrected chi connectivity index (χ0v) is 23.0. The van der Waals surface area contributed by atoms with Crippen molar-refractivity contribution in [2.24, 2.45) is 11.1 Å². The molecule has 242 valence electrons. The molecule has 3 aliphatic rings. The van der Waals surface area contributed by atoms with Crippen LogP contribution in [-0.2, 0) is 30.4 Å². The molecule has 4 rings (SSSR count). The maximum Gasteiger partial charge on any atom is 0.187 e. The van der Waals surface area contributed by atoms with Crippen LogP contribution in [0.25, 0.3) is 6.08 Å². The van der Waals surface area contributed by atoms with Crippen molar-refractivity contribution in [3.63, 3.8) is 0 Å². The molecule has 0 spiro atoms. The lowest BCUT2D eigenvalue weighted by atomic mass is 9.97. The number of hydrogen-bond donors (Lipinski definition) is 10. The van der Waals surface area contributed by atoms with Gasteiger partial charge in [-0.3, -0.25) is 0 Å². The fraction of sp³-hybridized carbons (Fsp3) is 0.667. The molecule has 2 aliphatic heterocycles. The van der Waals surface area contributed by atoms with Gasteiger partial charge >= 0.3 is 0 Å². The highest BCUT2D eigenvalue weighted by atomic mass is 16.7. The second-order valence-corrected chi connectivity index (χ2v) is 10.6. The van der Waals surface area contributed by atoms with Crippen molar-refractivity contribution in [3.8, 4) is 0 Å². The summed E-state index contributed by atoms with van der Waals surface area (Å²) in [5, 5.41) is 106. The zero-order valence-electron chi connectivity index (χ0n) is 23.0. The van der Waals surface area contributed by atoms with E-state index in [2.05, 4.69) is 11.7 Å². The summed E-state index contributed by atoms with van der Waals surface area (Å²) < 4.78 is 22.1. The van der Waals surface area contributed by atoms with Gasteiger partial charge in [0, 0.05) is 0 Å². The highest BCUT2D eigenvalue weighted by Crippen LogP contribution is 2.34. The Labute approximate surface area is 246 Å². The number of nitrogens with zero attached hydrogens (tertiary/aromatic N) is 1. The molecule has 0 amide bonds. The van der Waals surface area contributed by atoms with E-state index >= 15 is 0 Å². The van der Waals surface area contributed by atoms with Gasteiger partial charge in [0.1, 0.15) is 73.8 Å². The lowest BCUT2D eigenvalue weighted by Crippen LogP contribution is -2.65. The van der Waals surface area contributed by atoms with E-state index in [0.717, 1.165) is 11.1 Å². The third-order valence-corrected chi connectivity index (χ3v) is 7.80. The second-order valence-electron chi connectivity index (χ2n) is 10.6. The molecule has 14 unspecified atom stereocenters. The lowest BCUT2D eigenvalue weighted by molar-refractivity contribution is -0.365. The van der Waals surface area contributed by atoms with E-state index in [1.807, 2.05) is 12.1 Å². The predicted molar refractivity (Wildman–Crippen MR) is 143 cm³/mol. The Morgan fingerprint density at radius 3 is 1.86 bits per heavy atom. The highest BCUT2D eigenvalue weighted by molar-refractivity contribution is 5.94. The second kappa shape index (κ2) is 14.8. The van der Waals surface area contributed by atoms with Crippen LogP contribution < -0.4 is 0 Å². The van der Waals surface area contributed by atoms with E-state index in [0.29, 0.717) is 0 Å². The van der Waals surface area contributed by atoms with Gasteiger partial charge in [0.05, 0.1) is 31.5 Å². The molecule has 14 atom stereocenters. The third kappa shape index (κ3) is 7.08. The number of hydrogen-bond acceptors (Lipinski definition) is 16. The van der Waals surface area contributed by atoms with Crippen LogP contribution in [-0.4, -0.2) is 156 Å². The molecule has 3 fully saturated rings. The zero-order chi connectivity index (χ0) is 31.4. The molecule has 16 heteroatoms. The quantitative estimate of drug-likeness (QED) is 0.105. The number of benzene rings is 1. The molecule has 1 saturated carbocycles. The smallest absolute Gasteiger partial charge is 0.187 e. The van der Waals surface area contributed by atoms with E-state index in [1.165, 1.54) is 0 Å². The number of aliphatic hydroxyl groups is 10. The van der Waals surface area contributed by atoms with Gasteiger partial charge in [-0.1, -0.05) is 42.1 Å². The van der Waals surface area contributed by atoms with E-state index < -0.39 is 105 Å². The van der Waals surface area contributed by atoms with Crippen molar-refractivity contribution < 1.29 is 74.9 Å². The van der Waals surface area contributed by atoms with E-state index in [1.54, 1.807) is 18.2 Å². The molecule has 2 saturated heterocycles. The fourth-order valence-corrected chi connectivity index (χ4v) is 5.23. The van der Waals surface area contributed by atoms with Crippen LogP contribution >= 0.6 is 0 Å². The number of ether oxygens (including phenoxy) is 4. The first kappa shape index (κ1) is 33.8. The Morgan fingerprint density at radius 1 is 0.698 bits per heavy atom. The molecule has 0 bridgehead atoms. The first-order chi connectivity index (χ1) is 20.6. The average Bonchev–Trinajstić information content (AvgIpc) is 3.24. The largest absolute Gasteiger partial charge is 0.396 e. The topological polar surface area (TPSA) is 261 Å². The third-order valence-electron chi connectivity index (χ3n) is 7.80. The first-order valence-corrected chi connectivity index (χ1v) is 13.7. The molecule has 2 heterocycles. The van der Waals surface area contributed by atoms with Crippen LogP contribution in [0.2, 0.25) is 0 Å². The molecule has 1 aliphatic carbocycles. The van der Waals surface area contributed by atoms with Crippen molar-refractivity contribution in [1.29, 1.82) is 0 Å². The predicted octanol–water partition coefficient (Wildman–Crippen LogP) is -4.44. The molecule has 0 aromatic heterocycles. The van der Waals surface area contributed by atoms with Gasteiger partial charge in [0.15, 0.2) is 12.6 Å². The average molecular weight is 618 g/mol. The summed E-state index contributed by atoms with van der Waals surface area (Å²) in [7, 11) is 0. The van der Waals surface area contributed by atoms with E-state index in [4.69, 9.17) is 23.8 Å². The Kier molecular flexibility index (Phi) is 11.6. The molecule has 1 aromatic carbocycles. The lowest BCUT2D eigenvalue weighted by Gasteiger charge is -2.46. The van der Waals surface area contributed by atoms with Crippen molar-refractivity contribution in [2.75, 3.05) is 19.8 Å². The Bertz CT molecular complexity index is 1070. The van der Waals surface area contributed by atoms with Gasteiger partial charge in [-0.15, -0.1) is 0 Å². The van der Waals surface area contributed by atoms with Crippen molar-refractivity contribution in [1.82, 2.24) is 0 Å². The van der Waals surface area contributed by atoms with Gasteiger partial charge in [-0.25, -0.2) is 0 Å². The first-order valence-electron chi connectivity index (χ1n) is 13.7. The molecule has 43 heavy (non-hydrogen) atoms. The summed E-state index contributed by atoms with van der Waals surface area (Å²) in [5.74, 6) is -1.11. The molecular weight excluding hydrogens is 578 g/mol. The minimum Gasteiger partial charge on any atom is -0.396 e. The molecule has 0 radical (unpaired) electrons. The summed E-state index contributed by atoms with van der Waals surface area (Å²) >= 11 is 0. The Morgan fingerprint density at radius 2 is 1.28 bits per heavy atom. The summed E-state index contributed by atoms with van der Waals surface area (Å²) in [6, 6.07) is 7.20. The van der Waals surface area contributed by atoms with Gasteiger partial charge in [0.2, 0.25) is 0 Å². The Balaban J connectivity index is 1.43. The van der Waals surface area contributed by atoms with Crippen molar-refractivity contribution in [2.45, 2.75) is 86.3 Å². The van der Waals surface area contributed by atoms with Crippen LogP contribution in [0.15, 0.2) is 36.0 Å². The highest BCUT2D eigenvalue weighted by Gasteiger charge is 2.54. The van der Waals surface area contributed by atoms with Crippen LogP contribution in [0.4, 0.5) is 0 Å². The van der Waals surface area contributed by atoms with Gasteiger partial charge < -0.3 is 74.9 Å². The summed E-state index contributed by atoms with van der Waals surface area (Å²) in [5.41, 5.74) is 1.52. The summed E-state index contributed by atoms with van der Waals surface area (Å²) in [4.78, 5) is 5.34. The maximum absolute atomic E-state index is 10.8. The Hall–Kier alpha value is -2.13. The summed E-state index contributed by atoms with van der Waals surface area (Å²) in [6.45, 7) is 1.49. The normalized spacial score (nSPS) is 42.7. The molecule has 1 aromatic rings. The number of aliphatic hydroxyl groups excluding tert-OH is 10. The van der Waals surface area contributed by atoms with Crippen LogP contribution in [0.3, 0.4) is 0 Å². The standard InChI is InChI=1S/C27H39NO15/c1-2-11-3-5-12(6-4-11)10-39-28-16-13(7-29)24(20(35)18(16)33)42-27-23(38)21(36)25(15(9-31)41-27)43-26-22(37)19(34)17(32)14(8-30)40-26/h2-6,13-15,17-27,29-38H,1,7-10H2.